The van der Waals surface area contributed by atoms with Crippen molar-refractivity contribution in [2.75, 3.05) is 7.05 Å². The van der Waals surface area contributed by atoms with E-state index in [-0.39, 0.29) is 6.17 Å². The van der Waals surface area contributed by atoms with Gasteiger partial charge in [-0.15, -0.1) is 0 Å². The van der Waals surface area contributed by atoms with E-state index >= 15 is 0 Å². The molecular weight excluding hydrogens is 364 g/mol. The van der Waals surface area contributed by atoms with Crippen molar-refractivity contribution in [1.82, 2.24) is 0 Å². The van der Waals surface area contributed by atoms with Gasteiger partial charge in [-0.2, -0.15) is 0 Å². The zero-order valence-corrected chi connectivity index (χ0v) is 20.2. The molecule has 1 aliphatic heterocycles. The molecule has 0 bridgehead atoms. The number of allylic oxidation sites excluding steroid dienone is 2. The van der Waals surface area contributed by atoms with Crippen molar-refractivity contribution in [2.45, 2.75) is 73.4 Å². The van der Waals surface area contributed by atoms with Crippen LogP contribution in [-0.2, 0) is 0 Å². The number of nitrogens with zero attached hydrogens (tertiary/aromatic N) is 2. The van der Waals surface area contributed by atoms with E-state index in [0.717, 1.165) is 12.1 Å². The number of hydrogen-bond donors (Lipinski definition) is 0. The number of benzene rings is 2. The maximum atomic E-state index is 5.13. The maximum Gasteiger partial charge on any atom is 0.273 e. The zero-order chi connectivity index (χ0) is 22.4. The van der Waals surface area contributed by atoms with Gasteiger partial charge >= 0.3 is 0 Å². The van der Waals surface area contributed by atoms with Gasteiger partial charge in [0, 0.05) is 16.7 Å². The Morgan fingerprint density at radius 3 is 1.87 bits per heavy atom. The molecule has 2 heteroatoms. The molecule has 1 aliphatic carbocycles. The van der Waals surface area contributed by atoms with Crippen LogP contribution >= 0.6 is 0 Å². The van der Waals surface area contributed by atoms with Crippen molar-refractivity contribution < 1.29 is 4.58 Å². The Bertz CT molecular complexity index is 814. The third-order valence-corrected chi connectivity index (χ3v) is 4.94. The van der Waals surface area contributed by atoms with Crippen LogP contribution in [0.15, 0.2) is 77.3 Å². The summed E-state index contributed by atoms with van der Waals surface area (Å²) in [6, 6.07) is 21.2. The molecule has 1 unspecified atom stereocenters. The van der Waals surface area contributed by atoms with Gasteiger partial charge in [0.05, 0.1) is 0 Å². The third-order valence-electron chi connectivity index (χ3n) is 4.94. The standard InChI is InChI=1S/C22H23N2.3C2H6/c1-24-21(18-13-7-3-8-14-18)20(17-11-5-2-6-12-17)23-22(24)19-15-9-4-10-16-19;3*1-2/h2,4-6,9-13,15-16,22H,3,7-8,14H2,1H3;3*1-2H3/q+1;;;. The first-order valence-electron chi connectivity index (χ1n) is 11.8. The van der Waals surface area contributed by atoms with E-state index in [1.807, 2.05) is 41.5 Å². The first-order chi connectivity index (χ1) is 14.8. The summed E-state index contributed by atoms with van der Waals surface area (Å²) in [6.07, 6.45) is 7.42. The van der Waals surface area contributed by atoms with Crippen LogP contribution in [-0.4, -0.2) is 23.0 Å². The summed E-state index contributed by atoms with van der Waals surface area (Å²) in [5.41, 5.74) is 6.38. The molecule has 2 aromatic carbocycles. The average molecular weight is 406 g/mol. The van der Waals surface area contributed by atoms with Gasteiger partial charge in [-0.05, 0) is 25.7 Å². The van der Waals surface area contributed by atoms with Crippen molar-refractivity contribution in [2.24, 2.45) is 4.99 Å². The molecule has 0 aromatic heterocycles. The molecule has 2 nitrogen and oxygen atoms in total. The van der Waals surface area contributed by atoms with Gasteiger partial charge in [0.1, 0.15) is 12.8 Å². The minimum Gasteiger partial charge on any atom is -0.206 e. The van der Waals surface area contributed by atoms with Gasteiger partial charge in [-0.25, -0.2) is 9.57 Å². The second kappa shape index (κ2) is 14.5. The van der Waals surface area contributed by atoms with Gasteiger partial charge < -0.3 is 0 Å². The van der Waals surface area contributed by atoms with E-state index in [2.05, 4.69) is 78.4 Å². The lowest BCUT2D eigenvalue weighted by Crippen LogP contribution is -2.24. The Balaban J connectivity index is 0.000000691. The molecule has 0 radical (unpaired) electrons. The first kappa shape index (κ1) is 25.6. The molecule has 0 amide bonds. The SMILES string of the molecule is CC.CC.CC.C[N+]1=C(C2=CCCCC2)C(c2ccccc2)=NC1c1ccccc1. The van der Waals surface area contributed by atoms with E-state index in [0.29, 0.717) is 0 Å². The minimum absolute atomic E-state index is 0.0687. The number of rotatable bonds is 3. The largest absolute Gasteiger partial charge is 0.273 e. The van der Waals surface area contributed by atoms with E-state index in [1.54, 1.807) is 0 Å². The molecule has 4 rings (SSSR count). The van der Waals surface area contributed by atoms with Crippen LogP contribution in [0.4, 0.5) is 0 Å². The predicted octanol–water partition coefficient (Wildman–Crippen LogP) is 7.85. The van der Waals surface area contributed by atoms with Crippen molar-refractivity contribution in [3.63, 3.8) is 0 Å². The maximum absolute atomic E-state index is 5.13. The molecule has 0 spiro atoms. The van der Waals surface area contributed by atoms with Gasteiger partial charge in [0.15, 0.2) is 0 Å². The Morgan fingerprint density at radius 2 is 1.33 bits per heavy atom. The third kappa shape index (κ3) is 6.26. The Hall–Kier alpha value is -2.48. The van der Waals surface area contributed by atoms with Crippen molar-refractivity contribution >= 4 is 11.4 Å². The van der Waals surface area contributed by atoms with Crippen LogP contribution in [0.25, 0.3) is 0 Å². The van der Waals surface area contributed by atoms with Crippen LogP contribution in [0.3, 0.4) is 0 Å². The summed E-state index contributed by atoms with van der Waals surface area (Å²) in [7, 11) is 2.18. The molecule has 30 heavy (non-hydrogen) atoms. The molecule has 2 aromatic rings. The van der Waals surface area contributed by atoms with Crippen molar-refractivity contribution in [3.05, 3.63) is 83.4 Å². The quantitative estimate of drug-likeness (QED) is 0.462. The molecule has 0 fully saturated rings. The summed E-state index contributed by atoms with van der Waals surface area (Å²) in [5, 5.41) is 0. The van der Waals surface area contributed by atoms with Gasteiger partial charge in [0.25, 0.3) is 6.17 Å². The van der Waals surface area contributed by atoms with Gasteiger partial charge in [-0.3, -0.25) is 0 Å². The monoisotopic (exact) mass is 405 g/mol. The molecule has 2 aliphatic rings. The van der Waals surface area contributed by atoms with Gasteiger partial charge in [0.2, 0.25) is 5.71 Å². The fraction of sp³-hybridized carbons (Fsp3) is 0.429. The van der Waals surface area contributed by atoms with Crippen LogP contribution in [0.2, 0.25) is 0 Å². The van der Waals surface area contributed by atoms with Gasteiger partial charge in [-0.1, -0.05) is 108 Å². The topological polar surface area (TPSA) is 15.4 Å². The zero-order valence-electron chi connectivity index (χ0n) is 20.2. The summed E-state index contributed by atoms with van der Waals surface area (Å²) in [6.45, 7) is 12.0. The number of hydrogen-bond acceptors (Lipinski definition) is 1. The summed E-state index contributed by atoms with van der Waals surface area (Å²) in [4.78, 5) is 5.13. The highest BCUT2D eigenvalue weighted by Gasteiger charge is 2.36. The molecule has 1 heterocycles. The smallest absolute Gasteiger partial charge is 0.206 e. The van der Waals surface area contributed by atoms with Crippen LogP contribution in [0, 0.1) is 0 Å². The highest BCUT2D eigenvalue weighted by molar-refractivity contribution is 6.52. The lowest BCUT2D eigenvalue weighted by molar-refractivity contribution is -0.537. The predicted molar refractivity (Wildman–Crippen MR) is 134 cm³/mol. The molecule has 162 valence electrons. The second-order valence-electron chi connectivity index (χ2n) is 6.56. The summed E-state index contributed by atoms with van der Waals surface area (Å²) < 4.78 is 2.36. The lowest BCUT2D eigenvalue weighted by atomic mass is 9.91. The van der Waals surface area contributed by atoms with Crippen molar-refractivity contribution in [3.8, 4) is 0 Å². The molecule has 0 N–H and O–H groups in total. The first-order valence-corrected chi connectivity index (χ1v) is 11.8. The normalized spacial score (nSPS) is 17.2. The minimum atomic E-state index is 0.0687. The summed E-state index contributed by atoms with van der Waals surface area (Å²) >= 11 is 0. The molecule has 1 atom stereocenters. The summed E-state index contributed by atoms with van der Waals surface area (Å²) in [5.74, 6) is 0. The molecule has 0 saturated carbocycles. The Labute approximate surface area is 185 Å². The van der Waals surface area contributed by atoms with Crippen LogP contribution < -0.4 is 0 Å². The Morgan fingerprint density at radius 1 is 0.767 bits per heavy atom. The Kier molecular flexibility index (Phi) is 12.3. The fourth-order valence-corrected chi connectivity index (χ4v) is 3.72. The van der Waals surface area contributed by atoms with E-state index in [1.165, 1.54) is 41.7 Å². The number of aliphatic imine (C=N–C) groups is 1. The highest BCUT2D eigenvalue weighted by Crippen LogP contribution is 2.30. The van der Waals surface area contributed by atoms with E-state index < -0.39 is 0 Å². The second-order valence-corrected chi connectivity index (χ2v) is 6.56. The van der Waals surface area contributed by atoms with Crippen LogP contribution in [0.5, 0.6) is 0 Å². The van der Waals surface area contributed by atoms with E-state index in [9.17, 15) is 0 Å². The molecular formula is C28H41N2+. The highest BCUT2D eigenvalue weighted by atomic mass is 15.2. The van der Waals surface area contributed by atoms with Crippen LogP contribution in [0.1, 0.15) is 84.5 Å². The van der Waals surface area contributed by atoms with E-state index in [4.69, 9.17) is 4.99 Å². The fourth-order valence-electron chi connectivity index (χ4n) is 3.72. The lowest BCUT2D eigenvalue weighted by Gasteiger charge is -2.12. The molecule has 0 saturated heterocycles. The van der Waals surface area contributed by atoms with Crippen molar-refractivity contribution in [1.29, 1.82) is 0 Å². The average Bonchev–Trinajstić information content (AvgIpc) is 3.21.